The van der Waals surface area contributed by atoms with Crippen LogP contribution in [-0.2, 0) is 11.2 Å². The Morgan fingerprint density at radius 1 is 1.44 bits per heavy atom. The first-order chi connectivity index (χ1) is 12.0. The third-order valence-electron chi connectivity index (χ3n) is 4.03. The molecule has 1 aliphatic heterocycles. The highest BCUT2D eigenvalue weighted by atomic mass is 79.9. The van der Waals surface area contributed by atoms with E-state index < -0.39 is 5.97 Å². The fourth-order valence-corrected chi connectivity index (χ4v) is 3.11. The highest BCUT2D eigenvalue weighted by molar-refractivity contribution is 9.10. The Morgan fingerprint density at radius 2 is 2.28 bits per heavy atom. The van der Waals surface area contributed by atoms with Crippen LogP contribution in [0.1, 0.15) is 35.3 Å². The van der Waals surface area contributed by atoms with E-state index in [1.807, 2.05) is 0 Å². The zero-order valence-corrected chi connectivity index (χ0v) is 15.0. The maximum Gasteiger partial charge on any atom is 0.339 e. The molecule has 1 fully saturated rings. The monoisotopic (exact) mass is 407 g/mol. The van der Waals surface area contributed by atoms with Gasteiger partial charge in [-0.1, -0.05) is 0 Å². The number of nitrogens with zero attached hydrogens (tertiary/aromatic N) is 2. The fraction of sp³-hybridized carbons (Fsp3) is 0.353. The number of benzene rings is 1. The van der Waals surface area contributed by atoms with Gasteiger partial charge in [0.25, 0.3) is 0 Å². The number of aromatic carboxylic acids is 1. The molecule has 1 aromatic carbocycles. The molecule has 132 valence electrons. The first-order valence-electron chi connectivity index (χ1n) is 7.99. The lowest BCUT2D eigenvalue weighted by Gasteiger charge is -2.11. The summed E-state index contributed by atoms with van der Waals surface area (Å²) in [6.45, 7) is 0.829. The molecule has 2 aromatic rings. The lowest BCUT2D eigenvalue weighted by atomic mass is 10.1. The predicted molar refractivity (Wildman–Crippen MR) is 95.4 cm³/mol. The molecule has 7 nitrogen and oxygen atoms in total. The third-order valence-corrected chi connectivity index (χ3v) is 4.69. The summed E-state index contributed by atoms with van der Waals surface area (Å²) in [7, 11) is 0. The van der Waals surface area contributed by atoms with Gasteiger partial charge in [-0.15, -0.1) is 0 Å². The third kappa shape index (κ3) is 4.46. The van der Waals surface area contributed by atoms with Gasteiger partial charge in [0.1, 0.15) is 11.3 Å². The van der Waals surface area contributed by atoms with Crippen molar-refractivity contribution in [3.05, 3.63) is 40.1 Å². The highest BCUT2D eigenvalue weighted by Crippen LogP contribution is 2.25. The molecule has 0 amide bonds. The first-order valence-corrected chi connectivity index (χ1v) is 8.78. The second kappa shape index (κ2) is 7.79. The Hall–Kier alpha value is -2.19. The fourth-order valence-electron chi connectivity index (χ4n) is 2.72. The van der Waals surface area contributed by atoms with Gasteiger partial charge in [0.2, 0.25) is 5.95 Å². The standard InChI is InChI=1S/C17H18BrN3O4/c18-13-9-19-17(21-14(13)5-4-11-2-1-7-25-11)20-10-3-6-15(22)12(8-10)16(23)24/h3,6,8-9,11,22H,1-2,4-5,7H2,(H,23,24)(H,19,20,21). The van der Waals surface area contributed by atoms with E-state index in [9.17, 15) is 9.90 Å². The molecule has 1 aliphatic rings. The van der Waals surface area contributed by atoms with Gasteiger partial charge in [-0.25, -0.2) is 14.8 Å². The normalized spacial score (nSPS) is 16.8. The Balaban J connectivity index is 1.73. The molecule has 0 spiro atoms. The van der Waals surface area contributed by atoms with E-state index in [1.165, 1.54) is 12.1 Å². The summed E-state index contributed by atoms with van der Waals surface area (Å²) in [5.41, 5.74) is 1.17. The molecule has 1 aromatic heterocycles. The van der Waals surface area contributed by atoms with Gasteiger partial charge in [-0.2, -0.15) is 0 Å². The zero-order valence-electron chi connectivity index (χ0n) is 13.4. The molecule has 2 heterocycles. The van der Waals surface area contributed by atoms with Crippen molar-refractivity contribution in [3.8, 4) is 5.75 Å². The van der Waals surface area contributed by atoms with Crippen LogP contribution in [-0.4, -0.2) is 38.9 Å². The molecule has 1 atom stereocenters. The topological polar surface area (TPSA) is 105 Å². The minimum absolute atomic E-state index is 0.180. The van der Waals surface area contributed by atoms with Crippen molar-refractivity contribution in [1.29, 1.82) is 0 Å². The van der Waals surface area contributed by atoms with Crippen LogP contribution in [0.3, 0.4) is 0 Å². The highest BCUT2D eigenvalue weighted by Gasteiger charge is 2.17. The van der Waals surface area contributed by atoms with Crippen molar-refractivity contribution < 1.29 is 19.7 Å². The molecule has 1 saturated heterocycles. The number of halogens is 1. The SMILES string of the molecule is O=C(O)c1cc(Nc2ncc(Br)c(CCC3CCCO3)n2)ccc1O. The van der Waals surface area contributed by atoms with Crippen LogP contribution in [0.5, 0.6) is 5.75 Å². The van der Waals surface area contributed by atoms with Crippen LogP contribution in [0.15, 0.2) is 28.9 Å². The van der Waals surface area contributed by atoms with Crippen molar-refractivity contribution >= 4 is 33.5 Å². The Bertz CT molecular complexity index is 778. The van der Waals surface area contributed by atoms with E-state index in [2.05, 4.69) is 31.2 Å². The molecule has 3 N–H and O–H groups in total. The average molecular weight is 408 g/mol. The second-order valence-corrected chi connectivity index (χ2v) is 6.68. The summed E-state index contributed by atoms with van der Waals surface area (Å²) in [5.74, 6) is -1.12. The number of aromatic nitrogens is 2. The molecule has 0 saturated carbocycles. The van der Waals surface area contributed by atoms with Gasteiger partial charge in [0, 0.05) is 18.5 Å². The smallest absolute Gasteiger partial charge is 0.339 e. The van der Waals surface area contributed by atoms with Gasteiger partial charge in [0.15, 0.2) is 0 Å². The number of hydrogen-bond acceptors (Lipinski definition) is 6. The lowest BCUT2D eigenvalue weighted by molar-refractivity contribution is 0.0693. The van der Waals surface area contributed by atoms with Crippen LogP contribution in [0.4, 0.5) is 11.6 Å². The van der Waals surface area contributed by atoms with Crippen molar-refractivity contribution in [2.24, 2.45) is 0 Å². The van der Waals surface area contributed by atoms with E-state index in [-0.39, 0.29) is 17.4 Å². The molecule has 25 heavy (non-hydrogen) atoms. The molecule has 1 unspecified atom stereocenters. The maximum absolute atomic E-state index is 11.1. The molecule has 3 rings (SSSR count). The summed E-state index contributed by atoms with van der Waals surface area (Å²) < 4.78 is 6.46. The number of carboxylic acid groups (broad SMARTS) is 1. The summed E-state index contributed by atoms with van der Waals surface area (Å²) >= 11 is 3.46. The van der Waals surface area contributed by atoms with Gasteiger partial charge < -0.3 is 20.3 Å². The second-order valence-electron chi connectivity index (χ2n) is 5.82. The van der Waals surface area contributed by atoms with Crippen LogP contribution in [0.25, 0.3) is 0 Å². The van der Waals surface area contributed by atoms with E-state index in [0.29, 0.717) is 11.6 Å². The summed E-state index contributed by atoms with van der Waals surface area (Å²) in [6, 6.07) is 4.23. The van der Waals surface area contributed by atoms with E-state index in [0.717, 1.165) is 42.5 Å². The molecule has 8 heteroatoms. The molecule has 0 radical (unpaired) electrons. The molecular formula is C17H18BrN3O4. The van der Waals surface area contributed by atoms with Crippen LogP contribution >= 0.6 is 15.9 Å². The van der Waals surface area contributed by atoms with Gasteiger partial charge in [0.05, 0.1) is 16.3 Å². The van der Waals surface area contributed by atoms with Gasteiger partial charge >= 0.3 is 5.97 Å². The largest absolute Gasteiger partial charge is 0.507 e. The quantitative estimate of drug-likeness (QED) is 0.629. The molecular weight excluding hydrogens is 390 g/mol. The van der Waals surface area contributed by atoms with Crippen LogP contribution in [0.2, 0.25) is 0 Å². The number of carboxylic acids is 1. The number of ether oxygens (including phenoxy) is 1. The minimum Gasteiger partial charge on any atom is -0.507 e. The predicted octanol–water partition coefficient (Wildman–Crippen LogP) is 3.50. The average Bonchev–Trinajstić information content (AvgIpc) is 3.10. The Labute approximate surface area is 153 Å². The maximum atomic E-state index is 11.1. The number of nitrogens with one attached hydrogen (secondary N) is 1. The molecule has 0 aliphatic carbocycles. The van der Waals surface area contributed by atoms with Crippen molar-refractivity contribution in [1.82, 2.24) is 9.97 Å². The zero-order chi connectivity index (χ0) is 17.8. The first kappa shape index (κ1) is 17.6. The Morgan fingerprint density at radius 3 is 3.00 bits per heavy atom. The number of carbonyl (C=O) groups is 1. The van der Waals surface area contributed by atoms with E-state index >= 15 is 0 Å². The number of aromatic hydroxyl groups is 1. The Kier molecular flexibility index (Phi) is 5.50. The van der Waals surface area contributed by atoms with Crippen LogP contribution < -0.4 is 5.32 Å². The minimum atomic E-state index is -1.20. The van der Waals surface area contributed by atoms with Gasteiger partial charge in [-0.05, 0) is 59.8 Å². The number of aryl methyl sites for hydroxylation is 1. The molecule has 0 bridgehead atoms. The van der Waals surface area contributed by atoms with Crippen molar-refractivity contribution in [2.45, 2.75) is 31.8 Å². The number of anilines is 2. The van der Waals surface area contributed by atoms with Crippen LogP contribution in [0, 0.1) is 0 Å². The van der Waals surface area contributed by atoms with Gasteiger partial charge in [-0.3, -0.25) is 0 Å². The van der Waals surface area contributed by atoms with E-state index in [1.54, 1.807) is 12.3 Å². The lowest BCUT2D eigenvalue weighted by Crippen LogP contribution is -2.08. The number of rotatable bonds is 6. The number of hydrogen-bond donors (Lipinski definition) is 3. The van der Waals surface area contributed by atoms with Crippen molar-refractivity contribution in [3.63, 3.8) is 0 Å². The summed E-state index contributed by atoms with van der Waals surface area (Å²) in [6.07, 6.45) is 5.80. The van der Waals surface area contributed by atoms with E-state index in [4.69, 9.17) is 9.84 Å². The van der Waals surface area contributed by atoms with Crippen molar-refractivity contribution in [2.75, 3.05) is 11.9 Å². The summed E-state index contributed by atoms with van der Waals surface area (Å²) in [4.78, 5) is 19.8. The number of phenols is 1. The summed E-state index contributed by atoms with van der Waals surface area (Å²) in [5, 5.41) is 21.6.